The molecule has 172 valence electrons. The van der Waals surface area contributed by atoms with Gasteiger partial charge in [-0.3, -0.25) is 9.59 Å². The van der Waals surface area contributed by atoms with Crippen molar-refractivity contribution in [2.24, 2.45) is 13.0 Å². The zero-order valence-corrected chi connectivity index (χ0v) is 19.5. The molecule has 3 aromatic rings. The molecule has 7 heteroatoms. The highest BCUT2D eigenvalue weighted by molar-refractivity contribution is 6.00. The van der Waals surface area contributed by atoms with Crippen molar-refractivity contribution in [1.82, 2.24) is 14.9 Å². The topological polar surface area (TPSA) is 76.5 Å². The molecule has 1 saturated heterocycles. The molecular weight excluding hydrogens is 416 g/mol. The van der Waals surface area contributed by atoms with E-state index < -0.39 is 12.0 Å². The number of ether oxygens (including phenoxy) is 1. The normalized spacial score (nSPS) is 16.8. The van der Waals surface area contributed by atoms with Gasteiger partial charge in [0.05, 0.1) is 13.0 Å². The second-order valence-corrected chi connectivity index (χ2v) is 8.73. The summed E-state index contributed by atoms with van der Waals surface area (Å²) in [6.45, 7) is 4.60. The number of imidazole rings is 1. The molecule has 33 heavy (non-hydrogen) atoms. The maximum Gasteiger partial charge on any atom is 0.227 e. The van der Waals surface area contributed by atoms with Crippen LogP contribution < -0.4 is 15.0 Å². The number of rotatable bonds is 7. The fourth-order valence-corrected chi connectivity index (χ4v) is 4.29. The molecule has 4 rings (SSSR count). The number of hydrogen-bond acceptors (Lipinski definition) is 4. The molecule has 0 bridgehead atoms. The zero-order valence-electron chi connectivity index (χ0n) is 19.5. The Morgan fingerprint density at radius 2 is 1.97 bits per heavy atom. The van der Waals surface area contributed by atoms with Crippen molar-refractivity contribution in [2.45, 2.75) is 32.2 Å². The number of nitrogens with one attached hydrogen (secondary N) is 1. The Labute approximate surface area is 194 Å². The number of methoxy groups -OCH3 is 1. The van der Waals surface area contributed by atoms with Crippen molar-refractivity contribution in [1.29, 1.82) is 0 Å². The Balaban J connectivity index is 1.57. The highest BCUT2D eigenvalue weighted by Crippen LogP contribution is 2.31. The predicted octanol–water partition coefficient (Wildman–Crippen LogP) is 3.81. The Morgan fingerprint density at radius 1 is 1.18 bits per heavy atom. The summed E-state index contributed by atoms with van der Waals surface area (Å²) in [4.78, 5) is 32.4. The minimum Gasteiger partial charge on any atom is -0.496 e. The molecule has 0 spiro atoms. The molecule has 1 aliphatic heterocycles. The first kappa shape index (κ1) is 22.6. The zero-order chi connectivity index (χ0) is 23.5. The molecule has 0 saturated carbocycles. The lowest BCUT2D eigenvalue weighted by atomic mass is 10.0. The number of nitrogens with zero attached hydrogens (tertiary/aromatic N) is 3. The van der Waals surface area contributed by atoms with Gasteiger partial charge in [0.1, 0.15) is 17.6 Å². The molecule has 1 aromatic heterocycles. The van der Waals surface area contributed by atoms with E-state index in [2.05, 4.69) is 30.2 Å². The molecule has 7 nitrogen and oxygen atoms in total. The Kier molecular flexibility index (Phi) is 6.49. The third-order valence-corrected chi connectivity index (χ3v) is 6.20. The maximum absolute atomic E-state index is 13.4. The Hall–Kier alpha value is -3.61. The maximum atomic E-state index is 13.4. The average molecular weight is 447 g/mol. The fourth-order valence-electron chi connectivity index (χ4n) is 4.29. The van der Waals surface area contributed by atoms with Gasteiger partial charge in [-0.2, -0.15) is 0 Å². The number of carbonyl (C=O) groups excluding carboxylic acids is 2. The number of hydrogen-bond donors (Lipinski definition) is 1. The summed E-state index contributed by atoms with van der Waals surface area (Å²) in [5.41, 5.74) is 2.82. The van der Waals surface area contributed by atoms with Crippen LogP contribution in [0.25, 0.3) is 0 Å². The molecule has 0 unspecified atom stereocenters. The molecule has 1 fully saturated rings. The summed E-state index contributed by atoms with van der Waals surface area (Å²) in [7, 11) is 3.49. The second kappa shape index (κ2) is 9.48. The third-order valence-electron chi connectivity index (χ3n) is 6.20. The van der Waals surface area contributed by atoms with E-state index in [4.69, 9.17) is 4.74 Å². The van der Waals surface area contributed by atoms with Crippen LogP contribution in [0.3, 0.4) is 0 Å². The van der Waals surface area contributed by atoms with E-state index in [1.807, 2.05) is 60.3 Å². The number of para-hydroxylation sites is 1. The first-order valence-electron chi connectivity index (χ1n) is 11.2. The summed E-state index contributed by atoms with van der Waals surface area (Å²) in [6.07, 6.45) is 3.72. The smallest absolute Gasteiger partial charge is 0.227 e. The minimum absolute atomic E-state index is 0.0399. The first-order valence-corrected chi connectivity index (χ1v) is 11.2. The van der Waals surface area contributed by atoms with Crippen molar-refractivity contribution in [3.05, 3.63) is 77.9 Å². The highest BCUT2D eigenvalue weighted by atomic mass is 16.5. The summed E-state index contributed by atoms with van der Waals surface area (Å²) in [5.74, 6) is 1.06. The molecule has 2 amide bonds. The number of amides is 2. The molecular formula is C26H30N4O3. The lowest BCUT2D eigenvalue weighted by Crippen LogP contribution is -2.37. The summed E-state index contributed by atoms with van der Waals surface area (Å²) < 4.78 is 7.42. The lowest BCUT2D eigenvalue weighted by molar-refractivity contribution is -0.126. The van der Waals surface area contributed by atoms with Gasteiger partial charge in [-0.15, -0.1) is 0 Å². The van der Waals surface area contributed by atoms with Crippen LogP contribution >= 0.6 is 0 Å². The molecule has 2 aromatic carbocycles. The Morgan fingerprint density at radius 3 is 2.67 bits per heavy atom. The molecule has 0 radical (unpaired) electrons. The predicted molar refractivity (Wildman–Crippen MR) is 127 cm³/mol. The van der Waals surface area contributed by atoms with Gasteiger partial charge in [0.2, 0.25) is 11.8 Å². The van der Waals surface area contributed by atoms with E-state index in [9.17, 15) is 9.59 Å². The van der Waals surface area contributed by atoms with Gasteiger partial charge in [0.15, 0.2) is 0 Å². The van der Waals surface area contributed by atoms with Crippen molar-refractivity contribution in [2.75, 3.05) is 18.6 Å². The van der Waals surface area contributed by atoms with Crippen molar-refractivity contribution in [3.63, 3.8) is 0 Å². The fraction of sp³-hybridized carbons (Fsp3) is 0.346. The highest BCUT2D eigenvalue weighted by Gasteiger charge is 2.37. The quantitative estimate of drug-likeness (QED) is 0.599. The summed E-state index contributed by atoms with van der Waals surface area (Å²) >= 11 is 0. The van der Waals surface area contributed by atoms with Gasteiger partial charge in [-0.05, 0) is 29.7 Å². The van der Waals surface area contributed by atoms with Crippen molar-refractivity contribution >= 4 is 17.5 Å². The minimum atomic E-state index is -0.498. The Bertz CT molecular complexity index is 1150. The molecule has 1 N–H and O–H groups in total. The van der Waals surface area contributed by atoms with E-state index in [1.54, 1.807) is 18.2 Å². The van der Waals surface area contributed by atoms with E-state index in [1.165, 1.54) is 5.56 Å². The van der Waals surface area contributed by atoms with Crippen molar-refractivity contribution in [3.8, 4) is 5.75 Å². The number of aromatic nitrogens is 2. The third kappa shape index (κ3) is 4.62. The van der Waals surface area contributed by atoms with Crippen LogP contribution in [-0.2, 0) is 16.6 Å². The number of carbonyl (C=O) groups is 2. The van der Waals surface area contributed by atoms with E-state index >= 15 is 0 Å². The van der Waals surface area contributed by atoms with Gasteiger partial charge < -0.3 is 19.5 Å². The summed E-state index contributed by atoms with van der Waals surface area (Å²) in [6, 6.07) is 15.1. The van der Waals surface area contributed by atoms with Crippen LogP contribution in [0, 0.1) is 5.92 Å². The molecule has 2 heterocycles. The van der Waals surface area contributed by atoms with E-state index in [-0.39, 0.29) is 18.2 Å². The molecule has 1 aliphatic rings. The van der Waals surface area contributed by atoms with Crippen LogP contribution in [-0.4, -0.2) is 35.0 Å². The van der Waals surface area contributed by atoms with Crippen molar-refractivity contribution < 1.29 is 14.3 Å². The molecule has 0 aliphatic carbocycles. The van der Waals surface area contributed by atoms with E-state index in [0.717, 1.165) is 11.3 Å². The first-order chi connectivity index (χ1) is 15.9. The van der Waals surface area contributed by atoms with Gasteiger partial charge in [-0.25, -0.2) is 4.98 Å². The number of aryl methyl sites for hydroxylation is 1. The monoisotopic (exact) mass is 446 g/mol. The second-order valence-electron chi connectivity index (χ2n) is 8.73. The number of anilines is 1. The molecule has 2 atom stereocenters. The standard InChI is InChI=1S/C26H30N4O3/c1-17(2)18-8-7-9-20(14-18)30-16-19(15-23(30)31)26(32)28-24(25-27-12-13-29(25)3)21-10-5-6-11-22(21)33-4/h5-14,17,19,24H,15-16H2,1-4H3,(H,28,32)/t19-,24+/m0/s1. The average Bonchev–Trinajstić information content (AvgIpc) is 3.42. The van der Waals surface area contributed by atoms with Crippen LogP contribution in [0.5, 0.6) is 5.75 Å². The van der Waals surface area contributed by atoms with E-state index in [0.29, 0.717) is 24.0 Å². The van der Waals surface area contributed by atoms with Gasteiger partial charge >= 0.3 is 0 Å². The lowest BCUT2D eigenvalue weighted by Gasteiger charge is -2.23. The van der Waals surface area contributed by atoms with Crippen LogP contribution in [0.15, 0.2) is 60.9 Å². The SMILES string of the molecule is COc1ccccc1[C@@H](NC(=O)[C@H]1CC(=O)N(c2cccc(C(C)C)c2)C1)c1nccn1C. The van der Waals surface area contributed by atoms with Crippen LogP contribution in [0.1, 0.15) is 49.2 Å². The van der Waals surface area contributed by atoms with Crippen LogP contribution in [0.4, 0.5) is 5.69 Å². The summed E-state index contributed by atoms with van der Waals surface area (Å²) in [5, 5.41) is 3.13. The van der Waals surface area contributed by atoms with Crippen LogP contribution in [0.2, 0.25) is 0 Å². The van der Waals surface area contributed by atoms with Gasteiger partial charge in [0.25, 0.3) is 0 Å². The largest absolute Gasteiger partial charge is 0.496 e. The number of benzene rings is 2. The van der Waals surface area contributed by atoms with Gasteiger partial charge in [0, 0.05) is 43.7 Å². The van der Waals surface area contributed by atoms with Gasteiger partial charge in [-0.1, -0.05) is 44.2 Å².